The maximum absolute atomic E-state index is 6.15. The molecule has 3 aromatic rings. The van der Waals surface area contributed by atoms with Gasteiger partial charge in [0.2, 0.25) is 0 Å². The smallest absolute Gasteiger partial charge is 0.0532 e. The summed E-state index contributed by atoms with van der Waals surface area (Å²) in [5.41, 5.74) is 11.9. The van der Waals surface area contributed by atoms with Crippen molar-refractivity contribution in [2.24, 2.45) is 12.8 Å². The molecule has 0 saturated heterocycles. The van der Waals surface area contributed by atoms with Crippen molar-refractivity contribution in [2.45, 2.75) is 38.6 Å². The Balaban J connectivity index is 1.87. The minimum Gasteiger partial charge on any atom is -0.343 e. The molecule has 3 heteroatoms. The molecule has 2 N–H and O–H groups in total. The van der Waals surface area contributed by atoms with E-state index in [1.54, 1.807) is 0 Å². The van der Waals surface area contributed by atoms with E-state index in [0.717, 1.165) is 19.3 Å². The fraction of sp³-hybridized carbons (Fsp3) is 0.368. The Hall–Kier alpha value is -1.58. The highest BCUT2D eigenvalue weighted by Crippen LogP contribution is 2.43. The molecule has 0 amide bonds. The number of thiophene rings is 1. The average molecular weight is 310 g/mol. The molecule has 0 aliphatic heterocycles. The quantitative estimate of drug-likeness (QED) is 0.769. The van der Waals surface area contributed by atoms with Crippen LogP contribution in [0.3, 0.4) is 0 Å². The topological polar surface area (TPSA) is 30.9 Å². The maximum Gasteiger partial charge on any atom is 0.0532 e. The van der Waals surface area contributed by atoms with Crippen LogP contribution in [0.25, 0.3) is 22.2 Å². The average Bonchev–Trinajstić information content (AvgIpc) is 3.06. The monoisotopic (exact) mass is 310 g/mol. The molecule has 0 radical (unpaired) electrons. The van der Waals surface area contributed by atoms with Crippen molar-refractivity contribution in [2.75, 3.05) is 0 Å². The second-order valence-corrected chi connectivity index (χ2v) is 7.55. The van der Waals surface area contributed by atoms with E-state index >= 15 is 0 Å². The van der Waals surface area contributed by atoms with Crippen LogP contribution >= 0.6 is 11.3 Å². The molecule has 22 heavy (non-hydrogen) atoms. The number of nitrogens with zero attached hydrogens (tertiary/aromatic N) is 1. The Morgan fingerprint density at radius 2 is 2.09 bits per heavy atom. The van der Waals surface area contributed by atoms with Gasteiger partial charge in [-0.2, -0.15) is 0 Å². The largest absolute Gasteiger partial charge is 0.343 e. The minimum atomic E-state index is 0.284. The molecule has 4 rings (SSSR count). The van der Waals surface area contributed by atoms with Gasteiger partial charge in [0, 0.05) is 39.3 Å². The van der Waals surface area contributed by atoms with Gasteiger partial charge in [0.15, 0.2) is 0 Å². The predicted octanol–water partition coefficient (Wildman–Crippen LogP) is 4.29. The van der Waals surface area contributed by atoms with Gasteiger partial charge < -0.3 is 10.3 Å². The van der Waals surface area contributed by atoms with E-state index in [1.807, 2.05) is 11.3 Å². The van der Waals surface area contributed by atoms with E-state index in [-0.39, 0.29) is 6.04 Å². The van der Waals surface area contributed by atoms with E-state index in [9.17, 15) is 0 Å². The first-order valence-electron chi connectivity index (χ1n) is 8.12. The Labute approximate surface area is 135 Å². The first kappa shape index (κ1) is 14.0. The summed E-state index contributed by atoms with van der Waals surface area (Å²) in [6.45, 7) is 2.17. The highest BCUT2D eigenvalue weighted by molar-refractivity contribution is 7.12. The first-order chi connectivity index (χ1) is 10.7. The number of rotatable bonds is 3. The van der Waals surface area contributed by atoms with Crippen molar-refractivity contribution in [1.29, 1.82) is 0 Å². The van der Waals surface area contributed by atoms with Gasteiger partial charge in [0.25, 0.3) is 0 Å². The fourth-order valence-electron chi connectivity index (χ4n) is 3.68. The lowest BCUT2D eigenvalue weighted by Crippen LogP contribution is -2.20. The van der Waals surface area contributed by atoms with Gasteiger partial charge in [-0.05, 0) is 43.4 Å². The molecule has 1 aliphatic rings. The molecule has 2 nitrogen and oxygen atoms in total. The third kappa shape index (κ3) is 2.03. The number of hydrogen-bond donors (Lipinski definition) is 1. The zero-order valence-electron chi connectivity index (χ0n) is 13.2. The first-order valence-corrected chi connectivity index (χ1v) is 8.94. The van der Waals surface area contributed by atoms with Crippen molar-refractivity contribution in [3.8, 4) is 11.3 Å². The number of nitrogens with two attached hydrogens (primary N) is 1. The fourth-order valence-corrected chi connectivity index (χ4v) is 4.94. The van der Waals surface area contributed by atoms with Gasteiger partial charge in [-0.3, -0.25) is 0 Å². The SMILES string of the molecule is CCC(N)Cc1cc2c(s1)CCc1c-2n(C)c2ccccc12. The van der Waals surface area contributed by atoms with Crippen LogP contribution in [0.15, 0.2) is 30.3 Å². The van der Waals surface area contributed by atoms with E-state index < -0.39 is 0 Å². The molecular weight excluding hydrogens is 288 g/mol. The minimum absolute atomic E-state index is 0.284. The van der Waals surface area contributed by atoms with E-state index in [1.165, 1.54) is 43.9 Å². The van der Waals surface area contributed by atoms with E-state index in [4.69, 9.17) is 5.73 Å². The van der Waals surface area contributed by atoms with Gasteiger partial charge in [-0.25, -0.2) is 0 Å². The van der Waals surface area contributed by atoms with Crippen molar-refractivity contribution < 1.29 is 0 Å². The summed E-state index contributed by atoms with van der Waals surface area (Å²) in [6.07, 6.45) is 4.38. The lowest BCUT2D eigenvalue weighted by molar-refractivity contribution is 0.652. The highest BCUT2D eigenvalue weighted by Gasteiger charge is 2.25. The molecule has 2 heterocycles. The van der Waals surface area contributed by atoms with Gasteiger partial charge in [-0.15, -0.1) is 11.3 Å². The molecule has 0 saturated carbocycles. The standard InChI is InChI=1S/C19H22N2S/c1-3-12(20)10-13-11-16-18(22-13)9-8-15-14-6-4-5-7-17(14)21(2)19(15)16/h4-7,11-12H,3,8-10,20H2,1-2H3. The number of para-hydroxylation sites is 1. The summed E-state index contributed by atoms with van der Waals surface area (Å²) in [6, 6.07) is 11.5. The van der Waals surface area contributed by atoms with Crippen LogP contribution in [0.5, 0.6) is 0 Å². The molecule has 1 atom stereocenters. The van der Waals surface area contributed by atoms with Gasteiger partial charge in [-0.1, -0.05) is 25.1 Å². The van der Waals surface area contributed by atoms with Gasteiger partial charge in [0.1, 0.15) is 0 Å². The van der Waals surface area contributed by atoms with Crippen LogP contribution in [0.1, 0.15) is 28.7 Å². The van der Waals surface area contributed by atoms with Crippen molar-refractivity contribution in [3.63, 3.8) is 0 Å². The highest BCUT2D eigenvalue weighted by atomic mass is 32.1. The number of fused-ring (bicyclic) bond motifs is 5. The molecular formula is C19H22N2S. The third-order valence-corrected chi connectivity index (χ3v) is 6.13. The lowest BCUT2D eigenvalue weighted by Gasteiger charge is -2.14. The van der Waals surface area contributed by atoms with Crippen LogP contribution in [0.2, 0.25) is 0 Å². The Bertz CT molecular complexity index is 841. The van der Waals surface area contributed by atoms with Crippen molar-refractivity contribution in [1.82, 2.24) is 4.57 Å². The molecule has 114 valence electrons. The summed E-state index contributed by atoms with van der Waals surface area (Å²) in [7, 11) is 2.20. The molecule has 0 spiro atoms. The zero-order chi connectivity index (χ0) is 15.3. The molecule has 0 bridgehead atoms. The maximum atomic E-state index is 6.15. The van der Waals surface area contributed by atoms with E-state index in [0.29, 0.717) is 0 Å². The van der Waals surface area contributed by atoms with Crippen LogP contribution in [-0.2, 0) is 26.3 Å². The molecule has 0 fully saturated rings. The third-order valence-electron chi connectivity index (χ3n) is 4.92. The molecule has 1 aromatic carbocycles. The second-order valence-electron chi connectivity index (χ2n) is 6.33. The van der Waals surface area contributed by atoms with Crippen LogP contribution < -0.4 is 5.73 Å². The van der Waals surface area contributed by atoms with E-state index in [2.05, 4.69) is 48.9 Å². The Morgan fingerprint density at radius 1 is 1.27 bits per heavy atom. The molecule has 2 aromatic heterocycles. The van der Waals surface area contributed by atoms with Crippen LogP contribution in [0, 0.1) is 0 Å². The van der Waals surface area contributed by atoms with Crippen LogP contribution in [0.4, 0.5) is 0 Å². The Morgan fingerprint density at radius 3 is 2.91 bits per heavy atom. The number of benzene rings is 1. The summed E-state index contributed by atoms with van der Waals surface area (Å²) in [4.78, 5) is 2.98. The number of hydrogen-bond acceptors (Lipinski definition) is 2. The van der Waals surface area contributed by atoms with Crippen molar-refractivity contribution >= 4 is 22.2 Å². The molecule has 1 aliphatic carbocycles. The second kappa shape index (κ2) is 5.25. The Kier molecular flexibility index (Phi) is 3.35. The predicted molar refractivity (Wildman–Crippen MR) is 95.6 cm³/mol. The lowest BCUT2D eigenvalue weighted by atomic mass is 9.94. The van der Waals surface area contributed by atoms with Gasteiger partial charge >= 0.3 is 0 Å². The summed E-state index contributed by atoms with van der Waals surface area (Å²) in [5.74, 6) is 0. The zero-order valence-corrected chi connectivity index (χ0v) is 14.0. The summed E-state index contributed by atoms with van der Waals surface area (Å²) in [5, 5.41) is 1.42. The summed E-state index contributed by atoms with van der Waals surface area (Å²) < 4.78 is 2.37. The van der Waals surface area contributed by atoms with Crippen molar-refractivity contribution in [3.05, 3.63) is 45.6 Å². The van der Waals surface area contributed by atoms with Crippen LogP contribution in [-0.4, -0.2) is 10.6 Å². The number of aryl methyl sites for hydroxylation is 3. The van der Waals surface area contributed by atoms with Gasteiger partial charge in [0.05, 0.1) is 5.69 Å². The number of aromatic nitrogens is 1. The normalized spacial score (nSPS) is 14.9. The molecule has 1 unspecified atom stereocenters. The summed E-state index contributed by atoms with van der Waals surface area (Å²) >= 11 is 1.97.